The molecule has 0 amide bonds. The highest BCUT2D eigenvalue weighted by Crippen LogP contribution is 2.32. The van der Waals surface area contributed by atoms with Crippen LogP contribution in [0.15, 0.2) is 41.0 Å². The quantitative estimate of drug-likeness (QED) is 0.678. The predicted molar refractivity (Wildman–Crippen MR) is 92.7 cm³/mol. The summed E-state index contributed by atoms with van der Waals surface area (Å²) in [6, 6.07) is 8.58. The van der Waals surface area contributed by atoms with Crippen LogP contribution in [0.25, 0.3) is 10.8 Å². The molecule has 3 heterocycles. The van der Waals surface area contributed by atoms with E-state index >= 15 is 0 Å². The number of hydrogen-bond acceptors (Lipinski definition) is 6. The molecular formula is C16H16N4S2. The van der Waals surface area contributed by atoms with E-state index in [1.54, 1.807) is 23.1 Å². The smallest absolute Gasteiger partial charge is 0.209 e. The van der Waals surface area contributed by atoms with E-state index in [0.717, 1.165) is 28.3 Å². The van der Waals surface area contributed by atoms with Crippen LogP contribution in [-0.2, 0) is 5.75 Å². The van der Waals surface area contributed by atoms with Crippen molar-refractivity contribution >= 4 is 39.0 Å². The molecule has 112 valence electrons. The molecule has 0 atom stereocenters. The van der Waals surface area contributed by atoms with Crippen LogP contribution in [0.2, 0.25) is 0 Å². The highest BCUT2D eigenvalue weighted by molar-refractivity contribution is 8.00. The van der Waals surface area contributed by atoms with Gasteiger partial charge in [-0.25, -0.2) is 0 Å². The Morgan fingerprint density at radius 3 is 2.91 bits per heavy atom. The largest absolute Gasteiger partial charge is 0.347 e. The normalized spacial score (nSPS) is 14.8. The van der Waals surface area contributed by atoms with Crippen molar-refractivity contribution in [3.63, 3.8) is 0 Å². The summed E-state index contributed by atoms with van der Waals surface area (Å²) in [5.41, 5.74) is 1.31. The monoisotopic (exact) mass is 328 g/mol. The van der Waals surface area contributed by atoms with Crippen molar-refractivity contribution in [3.8, 4) is 0 Å². The van der Waals surface area contributed by atoms with Crippen LogP contribution in [0.3, 0.4) is 0 Å². The first kappa shape index (κ1) is 14.0. The van der Waals surface area contributed by atoms with Crippen LogP contribution in [0.4, 0.5) is 5.13 Å². The first-order valence-corrected chi connectivity index (χ1v) is 9.23. The number of fused-ring (bicyclic) bond motifs is 1. The molecule has 1 fully saturated rings. The van der Waals surface area contributed by atoms with E-state index in [0.29, 0.717) is 0 Å². The Labute approximate surface area is 137 Å². The molecule has 22 heavy (non-hydrogen) atoms. The van der Waals surface area contributed by atoms with Crippen molar-refractivity contribution in [2.24, 2.45) is 0 Å². The number of rotatable bonds is 4. The van der Waals surface area contributed by atoms with E-state index in [9.17, 15) is 0 Å². The second-order valence-electron chi connectivity index (χ2n) is 5.39. The van der Waals surface area contributed by atoms with Crippen LogP contribution in [0.5, 0.6) is 0 Å². The molecule has 1 aliphatic heterocycles. The van der Waals surface area contributed by atoms with E-state index < -0.39 is 0 Å². The maximum absolute atomic E-state index is 4.33. The number of nitrogens with zero attached hydrogens (tertiary/aromatic N) is 4. The van der Waals surface area contributed by atoms with E-state index in [1.165, 1.54) is 29.2 Å². The van der Waals surface area contributed by atoms with Gasteiger partial charge in [0, 0.05) is 36.6 Å². The molecule has 0 spiro atoms. The highest BCUT2D eigenvalue weighted by atomic mass is 32.2. The van der Waals surface area contributed by atoms with Crippen LogP contribution in [0.1, 0.15) is 18.4 Å². The van der Waals surface area contributed by atoms with E-state index in [-0.39, 0.29) is 0 Å². The summed E-state index contributed by atoms with van der Waals surface area (Å²) in [7, 11) is 0. The first-order chi connectivity index (χ1) is 10.9. The third-order valence-corrected chi connectivity index (χ3v) is 6.03. The van der Waals surface area contributed by atoms with Gasteiger partial charge < -0.3 is 4.90 Å². The van der Waals surface area contributed by atoms with Gasteiger partial charge in [-0.2, -0.15) is 0 Å². The van der Waals surface area contributed by atoms with Crippen LogP contribution in [-0.4, -0.2) is 28.3 Å². The van der Waals surface area contributed by atoms with Crippen LogP contribution < -0.4 is 4.90 Å². The predicted octanol–water partition coefficient (Wildman–Crippen LogP) is 3.98. The lowest BCUT2D eigenvalue weighted by Gasteiger charge is -2.10. The Balaban J connectivity index is 1.44. The molecule has 0 aliphatic carbocycles. The highest BCUT2D eigenvalue weighted by Gasteiger charge is 2.16. The summed E-state index contributed by atoms with van der Waals surface area (Å²) >= 11 is 3.47. The lowest BCUT2D eigenvalue weighted by atomic mass is 10.1. The number of thioether (sulfide) groups is 1. The van der Waals surface area contributed by atoms with Gasteiger partial charge in [-0.05, 0) is 29.9 Å². The Morgan fingerprint density at radius 1 is 1.09 bits per heavy atom. The summed E-state index contributed by atoms with van der Waals surface area (Å²) in [5.74, 6) is 0.924. The topological polar surface area (TPSA) is 41.9 Å². The first-order valence-electron chi connectivity index (χ1n) is 7.42. The van der Waals surface area contributed by atoms with Crippen molar-refractivity contribution in [1.29, 1.82) is 0 Å². The van der Waals surface area contributed by atoms with Gasteiger partial charge in [0.05, 0.1) is 0 Å². The fourth-order valence-corrected chi connectivity index (χ4v) is 4.50. The van der Waals surface area contributed by atoms with Crippen LogP contribution >= 0.6 is 23.1 Å². The van der Waals surface area contributed by atoms with Gasteiger partial charge >= 0.3 is 0 Å². The van der Waals surface area contributed by atoms with E-state index in [1.807, 2.05) is 12.4 Å². The summed E-state index contributed by atoms with van der Waals surface area (Å²) in [4.78, 5) is 6.49. The number of aromatic nitrogens is 3. The molecule has 3 aromatic rings. The maximum Gasteiger partial charge on any atom is 0.209 e. The molecule has 0 N–H and O–H groups in total. The standard InChI is InChI=1S/C16H16N4S2/c1-2-8-20(7-1)15-18-19-16(22-15)21-11-12-3-4-14-10-17-6-5-13(14)9-12/h3-6,9-10H,1-2,7-8,11H2. The Hall–Kier alpha value is -1.66. The SMILES string of the molecule is c1cc2cc(CSc3nnc(N4CCCC4)s3)ccc2cn1. The lowest BCUT2D eigenvalue weighted by Crippen LogP contribution is -2.17. The Morgan fingerprint density at radius 2 is 2.00 bits per heavy atom. The molecule has 0 radical (unpaired) electrons. The number of hydrogen-bond donors (Lipinski definition) is 0. The molecular weight excluding hydrogens is 312 g/mol. The zero-order valence-corrected chi connectivity index (χ0v) is 13.7. The fourth-order valence-electron chi connectivity index (χ4n) is 2.66. The molecule has 1 saturated heterocycles. The molecule has 6 heteroatoms. The van der Waals surface area contributed by atoms with Crippen molar-refractivity contribution < 1.29 is 0 Å². The Kier molecular flexibility index (Phi) is 3.95. The van der Waals surface area contributed by atoms with E-state index in [4.69, 9.17) is 0 Å². The second-order valence-corrected chi connectivity index (χ2v) is 7.57. The molecule has 1 aliphatic rings. The minimum Gasteiger partial charge on any atom is -0.347 e. The molecule has 2 aromatic heterocycles. The molecule has 0 unspecified atom stereocenters. The summed E-state index contributed by atoms with van der Waals surface area (Å²) in [6.45, 7) is 2.25. The number of pyridine rings is 1. The zero-order valence-electron chi connectivity index (χ0n) is 12.1. The van der Waals surface area contributed by atoms with Gasteiger partial charge in [-0.15, -0.1) is 10.2 Å². The van der Waals surface area contributed by atoms with Crippen molar-refractivity contribution in [2.75, 3.05) is 18.0 Å². The molecule has 1 aromatic carbocycles. The second kappa shape index (κ2) is 6.22. The van der Waals surface area contributed by atoms with Crippen molar-refractivity contribution in [2.45, 2.75) is 22.9 Å². The molecule has 0 bridgehead atoms. The van der Waals surface area contributed by atoms with Gasteiger partial charge in [0.25, 0.3) is 0 Å². The van der Waals surface area contributed by atoms with Gasteiger partial charge in [0.1, 0.15) is 0 Å². The lowest BCUT2D eigenvalue weighted by molar-refractivity contribution is 0.913. The van der Waals surface area contributed by atoms with Gasteiger partial charge in [-0.1, -0.05) is 41.3 Å². The van der Waals surface area contributed by atoms with Crippen molar-refractivity contribution in [3.05, 3.63) is 42.2 Å². The summed E-state index contributed by atoms with van der Waals surface area (Å²) < 4.78 is 1.05. The molecule has 0 saturated carbocycles. The maximum atomic E-state index is 4.33. The van der Waals surface area contributed by atoms with Crippen LogP contribution in [0, 0.1) is 0 Å². The van der Waals surface area contributed by atoms with Crippen molar-refractivity contribution in [1.82, 2.24) is 15.2 Å². The summed E-state index contributed by atoms with van der Waals surface area (Å²) in [5, 5.41) is 12.1. The average molecular weight is 328 g/mol. The minimum absolute atomic E-state index is 0.924. The van der Waals surface area contributed by atoms with Gasteiger partial charge in [0.2, 0.25) is 5.13 Å². The Bertz CT molecular complexity index is 780. The zero-order chi connectivity index (χ0) is 14.8. The number of benzene rings is 1. The molecule has 4 nitrogen and oxygen atoms in total. The summed E-state index contributed by atoms with van der Waals surface area (Å²) in [6.07, 6.45) is 6.29. The third kappa shape index (κ3) is 2.94. The third-order valence-electron chi connectivity index (χ3n) is 3.84. The van der Waals surface area contributed by atoms with Gasteiger partial charge in [0.15, 0.2) is 4.34 Å². The van der Waals surface area contributed by atoms with Gasteiger partial charge in [-0.3, -0.25) is 4.98 Å². The van der Waals surface area contributed by atoms with E-state index in [2.05, 4.69) is 44.3 Å². The fraction of sp³-hybridized carbons (Fsp3) is 0.312. The molecule has 4 rings (SSSR count). The number of anilines is 1. The minimum atomic E-state index is 0.924. The average Bonchev–Trinajstić information content (AvgIpc) is 3.24.